The maximum Gasteiger partial charge on any atom is 0.235 e. The molecule has 2 saturated heterocycles. The monoisotopic (exact) mass is 158 g/mol. The molecule has 2 rings (SSSR count). The maximum atomic E-state index is 10.9. The smallest absolute Gasteiger partial charge is 0.235 e. The summed E-state index contributed by atoms with van der Waals surface area (Å²) in [5.41, 5.74) is 5.27. The maximum absolute atomic E-state index is 10.9. The SMILES string of the molecule is NC(=O)C12CNC(CS1)C2. The van der Waals surface area contributed by atoms with Gasteiger partial charge in [-0.05, 0) is 6.42 Å². The third-order valence-corrected chi connectivity index (χ3v) is 3.90. The second-order valence-electron chi connectivity index (χ2n) is 2.95. The average molecular weight is 158 g/mol. The number of carbonyl (C=O) groups is 1. The van der Waals surface area contributed by atoms with Crippen molar-refractivity contribution in [3.05, 3.63) is 0 Å². The molecule has 0 spiro atoms. The fraction of sp³-hybridized carbons (Fsp3) is 0.833. The minimum absolute atomic E-state index is 0.148. The number of fused-ring (bicyclic) bond motifs is 2. The Labute approximate surface area is 63.7 Å². The van der Waals surface area contributed by atoms with Crippen LogP contribution < -0.4 is 11.1 Å². The van der Waals surface area contributed by atoms with Crippen LogP contribution in [0.25, 0.3) is 0 Å². The highest BCUT2D eigenvalue weighted by Gasteiger charge is 2.49. The quantitative estimate of drug-likeness (QED) is 0.531. The summed E-state index contributed by atoms with van der Waals surface area (Å²) in [7, 11) is 0. The summed E-state index contributed by atoms with van der Waals surface area (Å²) < 4.78 is -0.245. The van der Waals surface area contributed by atoms with Crippen molar-refractivity contribution in [1.29, 1.82) is 0 Å². The second kappa shape index (κ2) is 1.89. The molecular weight excluding hydrogens is 148 g/mol. The van der Waals surface area contributed by atoms with Gasteiger partial charge in [-0.2, -0.15) is 0 Å². The molecule has 0 saturated carbocycles. The van der Waals surface area contributed by atoms with Crippen molar-refractivity contribution in [3.8, 4) is 0 Å². The van der Waals surface area contributed by atoms with Gasteiger partial charge in [0.2, 0.25) is 5.91 Å². The van der Waals surface area contributed by atoms with Crippen molar-refractivity contribution in [2.75, 3.05) is 12.3 Å². The summed E-state index contributed by atoms with van der Waals surface area (Å²) in [4.78, 5) is 10.9. The van der Waals surface area contributed by atoms with E-state index in [0.29, 0.717) is 6.04 Å². The lowest BCUT2D eigenvalue weighted by Crippen LogP contribution is -2.43. The van der Waals surface area contributed by atoms with Crippen LogP contribution in [0.5, 0.6) is 0 Å². The van der Waals surface area contributed by atoms with Gasteiger partial charge in [-0.3, -0.25) is 4.79 Å². The normalized spacial score (nSPS) is 44.2. The molecule has 56 valence electrons. The molecule has 4 heteroatoms. The minimum atomic E-state index is -0.245. The van der Waals surface area contributed by atoms with E-state index in [-0.39, 0.29) is 10.7 Å². The van der Waals surface area contributed by atoms with Gasteiger partial charge in [-0.25, -0.2) is 0 Å². The van der Waals surface area contributed by atoms with Crippen molar-refractivity contribution in [2.24, 2.45) is 5.73 Å². The first kappa shape index (κ1) is 6.49. The summed E-state index contributed by atoms with van der Waals surface area (Å²) in [6.07, 6.45) is 0.938. The molecule has 2 atom stereocenters. The van der Waals surface area contributed by atoms with E-state index in [2.05, 4.69) is 5.32 Å². The van der Waals surface area contributed by atoms with E-state index in [1.807, 2.05) is 0 Å². The van der Waals surface area contributed by atoms with Crippen LogP contribution >= 0.6 is 11.8 Å². The highest BCUT2D eigenvalue weighted by molar-refractivity contribution is 8.01. The van der Waals surface area contributed by atoms with Gasteiger partial charge in [-0.15, -0.1) is 11.8 Å². The van der Waals surface area contributed by atoms with Crippen LogP contribution in [0, 0.1) is 0 Å². The van der Waals surface area contributed by atoms with Crippen molar-refractivity contribution in [3.63, 3.8) is 0 Å². The Morgan fingerprint density at radius 2 is 2.60 bits per heavy atom. The minimum Gasteiger partial charge on any atom is -0.368 e. The Bertz CT molecular complexity index is 175. The molecule has 0 aromatic heterocycles. The zero-order valence-electron chi connectivity index (χ0n) is 5.59. The van der Waals surface area contributed by atoms with Crippen molar-refractivity contribution >= 4 is 17.7 Å². The molecule has 10 heavy (non-hydrogen) atoms. The average Bonchev–Trinajstić information content (AvgIpc) is 2.45. The molecule has 1 amide bonds. The largest absolute Gasteiger partial charge is 0.368 e. The van der Waals surface area contributed by atoms with Crippen LogP contribution in [0.1, 0.15) is 6.42 Å². The lowest BCUT2D eigenvalue weighted by Gasteiger charge is -2.20. The number of nitrogens with one attached hydrogen (secondary N) is 1. The topological polar surface area (TPSA) is 55.1 Å². The molecule has 2 bridgehead atoms. The predicted molar refractivity (Wildman–Crippen MR) is 40.8 cm³/mol. The van der Waals surface area contributed by atoms with Crippen LogP contribution in [0.2, 0.25) is 0 Å². The third kappa shape index (κ3) is 0.689. The lowest BCUT2D eigenvalue weighted by atomic mass is 10.1. The predicted octanol–water partition coefficient (Wildman–Crippen LogP) is -0.681. The molecular formula is C6H10N2OS. The zero-order valence-corrected chi connectivity index (χ0v) is 6.41. The van der Waals surface area contributed by atoms with Crippen molar-refractivity contribution in [2.45, 2.75) is 17.2 Å². The van der Waals surface area contributed by atoms with E-state index < -0.39 is 0 Å². The summed E-state index contributed by atoms with van der Waals surface area (Å²) in [5, 5.41) is 3.26. The molecule has 0 aromatic carbocycles. The molecule has 0 radical (unpaired) electrons. The Hall–Kier alpha value is -0.220. The molecule has 3 nitrogen and oxygen atoms in total. The van der Waals surface area contributed by atoms with E-state index in [1.54, 1.807) is 11.8 Å². The van der Waals surface area contributed by atoms with E-state index in [4.69, 9.17) is 5.73 Å². The standard InChI is InChI=1S/C6H10N2OS/c7-5(9)6-1-4(2-10-6)8-3-6/h4,8H,1-3H2,(H2,7,9). The summed E-state index contributed by atoms with van der Waals surface area (Å²) >= 11 is 1.71. The number of primary amides is 1. The molecule has 2 unspecified atom stereocenters. The molecule has 0 aliphatic carbocycles. The Morgan fingerprint density at radius 1 is 1.80 bits per heavy atom. The van der Waals surface area contributed by atoms with Gasteiger partial charge >= 0.3 is 0 Å². The molecule has 3 N–H and O–H groups in total. The van der Waals surface area contributed by atoms with Gasteiger partial charge in [-0.1, -0.05) is 0 Å². The van der Waals surface area contributed by atoms with Gasteiger partial charge in [0.1, 0.15) is 4.75 Å². The van der Waals surface area contributed by atoms with Crippen LogP contribution in [-0.4, -0.2) is 29.0 Å². The number of rotatable bonds is 1. The fourth-order valence-electron chi connectivity index (χ4n) is 1.60. The molecule has 2 heterocycles. The number of hydrogen-bond acceptors (Lipinski definition) is 3. The third-order valence-electron chi connectivity index (χ3n) is 2.26. The van der Waals surface area contributed by atoms with Crippen molar-refractivity contribution in [1.82, 2.24) is 5.32 Å². The highest BCUT2D eigenvalue weighted by Crippen LogP contribution is 2.41. The highest BCUT2D eigenvalue weighted by atomic mass is 32.2. The Kier molecular flexibility index (Phi) is 1.22. The number of thioether (sulfide) groups is 1. The molecule has 2 aliphatic heterocycles. The Morgan fingerprint density at radius 3 is 2.80 bits per heavy atom. The van der Waals surface area contributed by atoms with Gasteiger partial charge < -0.3 is 11.1 Å². The zero-order chi connectivity index (χ0) is 7.19. The second-order valence-corrected chi connectivity index (χ2v) is 4.35. The first-order chi connectivity index (χ1) is 4.73. The summed E-state index contributed by atoms with van der Waals surface area (Å²) in [5.74, 6) is 0.896. The molecule has 0 aromatic rings. The number of carbonyl (C=O) groups excluding carboxylic acids is 1. The van der Waals surface area contributed by atoms with E-state index in [1.165, 1.54) is 0 Å². The first-order valence-corrected chi connectivity index (χ1v) is 4.39. The molecule has 2 aliphatic rings. The van der Waals surface area contributed by atoms with Crippen LogP contribution in [-0.2, 0) is 4.79 Å². The summed E-state index contributed by atoms with van der Waals surface area (Å²) in [6, 6.07) is 0.539. The van der Waals surface area contributed by atoms with E-state index >= 15 is 0 Å². The van der Waals surface area contributed by atoms with E-state index in [9.17, 15) is 4.79 Å². The van der Waals surface area contributed by atoms with Crippen LogP contribution in [0.4, 0.5) is 0 Å². The van der Waals surface area contributed by atoms with Gasteiger partial charge in [0, 0.05) is 18.3 Å². The first-order valence-electron chi connectivity index (χ1n) is 3.40. The lowest BCUT2D eigenvalue weighted by molar-refractivity contribution is -0.119. The number of nitrogens with two attached hydrogens (primary N) is 1. The van der Waals surface area contributed by atoms with Crippen LogP contribution in [0.15, 0.2) is 0 Å². The van der Waals surface area contributed by atoms with Crippen molar-refractivity contribution < 1.29 is 4.79 Å². The number of hydrogen-bond donors (Lipinski definition) is 2. The van der Waals surface area contributed by atoms with Gasteiger partial charge in [0.25, 0.3) is 0 Å². The van der Waals surface area contributed by atoms with Crippen LogP contribution in [0.3, 0.4) is 0 Å². The van der Waals surface area contributed by atoms with Gasteiger partial charge in [0.15, 0.2) is 0 Å². The van der Waals surface area contributed by atoms with Gasteiger partial charge in [0.05, 0.1) is 0 Å². The van der Waals surface area contributed by atoms with E-state index in [0.717, 1.165) is 18.7 Å². The Balaban J connectivity index is 2.23. The molecule has 2 fully saturated rings. The number of amides is 1. The summed E-state index contributed by atoms with van der Waals surface area (Å²) in [6.45, 7) is 0.775. The fourth-order valence-corrected chi connectivity index (χ4v) is 3.00.